The normalized spacial score (nSPS) is 13.6. The molecular weight excluding hydrogens is 1550 g/mol. The van der Waals surface area contributed by atoms with E-state index in [1.807, 2.05) is 85.9 Å². The average Bonchev–Trinajstić information content (AvgIpc) is 1.65. The van der Waals surface area contributed by atoms with Gasteiger partial charge in [-0.25, -0.2) is 95.2 Å². The molecule has 15 aromatic rings. The number of anilines is 8. The molecule has 3 saturated heterocycles. The fourth-order valence-corrected chi connectivity index (χ4v) is 14.0. The minimum absolute atomic E-state index is 0.0972. The van der Waals surface area contributed by atoms with Crippen LogP contribution in [0.2, 0.25) is 0 Å². The predicted octanol–water partition coefficient (Wildman–Crippen LogP) is 10.6. The number of nitrogens with one attached hydrogen (secondary N) is 1. The van der Waals surface area contributed by atoms with Crippen LogP contribution in [0.4, 0.5) is 76.9 Å². The summed E-state index contributed by atoms with van der Waals surface area (Å²) in [6, 6.07) is 23.9. The molecule has 0 aliphatic carbocycles. The number of aryl methyl sites for hydroxylation is 5. The van der Waals surface area contributed by atoms with Crippen molar-refractivity contribution < 1.29 is 54.4 Å². The van der Waals surface area contributed by atoms with E-state index in [0.29, 0.717) is 208 Å². The van der Waals surface area contributed by atoms with Crippen LogP contribution in [0.25, 0.3) is 111 Å². The number of rotatable bonds is 14. The number of hydrogen-bond acceptors (Lipinski definition) is 28. The van der Waals surface area contributed by atoms with Crippen LogP contribution in [0.3, 0.4) is 0 Å². The summed E-state index contributed by atoms with van der Waals surface area (Å²) in [5.41, 5.74) is 28.4. The van der Waals surface area contributed by atoms with Gasteiger partial charge in [-0.15, -0.1) is 0 Å². The highest BCUT2D eigenvalue weighted by molar-refractivity contribution is 6.02. The molecule has 40 heteroatoms. The van der Waals surface area contributed by atoms with Crippen molar-refractivity contribution in [1.82, 2.24) is 98.7 Å². The van der Waals surface area contributed by atoms with Crippen molar-refractivity contribution in [2.75, 3.05) is 142 Å². The number of nitrogen functional groups attached to an aromatic ring is 3. The van der Waals surface area contributed by atoms with Gasteiger partial charge < -0.3 is 65.8 Å². The Morgan fingerprint density at radius 3 is 0.975 bits per heavy atom. The van der Waals surface area contributed by atoms with Crippen molar-refractivity contribution in [3.8, 4) is 67.8 Å². The van der Waals surface area contributed by atoms with Gasteiger partial charge in [-0.1, -0.05) is 18.2 Å². The molecule has 33 nitrogen and oxygen atoms in total. The van der Waals surface area contributed by atoms with E-state index in [0.717, 1.165) is 34.4 Å². The topological polar surface area (TPSA) is 367 Å². The molecule has 0 amide bonds. The molecule has 0 atom stereocenters. The molecule has 0 saturated carbocycles. The van der Waals surface area contributed by atoms with Gasteiger partial charge in [0.15, 0.2) is 51.4 Å². The zero-order valence-electron chi connectivity index (χ0n) is 66.3. The summed E-state index contributed by atoms with van der Waals surface area (Å²) in [6.45, 7) is 8.45. The summed E-state index contributed by atoms with van der Waals surface area (Å²) in [5.74, 6) is -0.227. The fourth-order valence-electron chi connectivity index (χ4n) is 14.0. The Morgan fingerprint density at radius 2 is 0.664 bits per heavy atom. The number of nitrogens with two attached hydrogens (primary N) is 3. The number of nitrogens with zero attached hydrogens (tertiary/aromatic N) is 24. The highest BCUT2D eigenvalue weighted by Crippen LogP contribution is 2.40. The molecule has 10 aromatic heterocycles. The number of benzene rings is 5. The predicted molar refractivity (Wildman–Crippen MR) is 437 cm³/mol. The number of halogens is 7. The monoisotopic (exact) mass is 1640 g/mol. The fraction of sp³-hybridized carbons (Fsp3) is 0.304. The Kier molecular flexibility index (Phi) is 24.3. The van der Waals surface area contributed by atoms with Crippen LogP contribution in [-0.4, -0.2) is 212 Å². The van der Waals surface area contributed by atoms with Crippen LogP contribution >= 0.6 is 0 Å². The number of morpholine rings is 3. The van der Waals surface area contributed by atoms with Gasteiger partial charge in [0.1, 0.15) is 107 Å². The lowest BCUT2D eigenvalue weighted by Gasteiger charge is -2.29. The van der Waals surface area contributed by atoms with Crippen LogP contribution in [0.1, 0.15) is 13.8 Å². The summed E-state index contributed by atoms with van der Waals surface area (Å²) < 4.78 is 130. The third-order valence-electron chi connectivity index (χ3n) is 19.5. The summed E-state index contributed by atoms with van der Waals surface area (Å²) in [7, 11) is 14.5. The van der Waals surface area contributed by atoms with Crippen molar-refractivity contribution in [1.29, 1.82) is 0 Å². The Morgan fingerprint density at radius 1 is 0.378 bits per heavy atom. The first-order valence-corrected chi connectivity index (χ1v) is 37.4. The molecule has 0 bridgehead atoms. The second-order valence-corrected chi connectivity index (χ2v) is 27.8. The molecule has 3 fully saturated rings. The zero-order chi connectivity index (χ0) is 84.0. The molecule has 0 radical (unpaired) electrons. The van der Waals surface area contributed by atoms with Gasteiger partial charge in [-0.3, -0.25) is 0 Å². The van der Waals surface area contributed by atoms with Gasteiger partial charge >= 0.3 is 6.61 Å². The second-order valence-electron chi connectivity index (χ2n) is 27.8. The molecule has 13 heterocycles. The Balaban J connectivity index is 0.000000122. The van der Waals surface area contributed by atoms with E-state index < -0.39 is 24.0 Å². The van der Waals surface area contributed by atoms with Crippen LogP contribution < -0.4 is 51.6 Å². The summed E-state index contributed by atoms with van der Waals surface area (Å²) in [4.78, 5) is 49.4. The molecular formula is C79H83F7N28O5. The lowest BCUT2D eigenvalue weighted by Crippen LogP contribution is -2.36. The first kappa shape index (κ1) is 81.8. The van der Waals surface area contributed by atoms with Crippen LogP contribution in [0.5, 0.6) is 11.5 Å². The number of alkyl halides is 2. The standard InChI is InChI=1S/C18H21FN6O.C17H19FN6O.C16H17FN6O.C15H16FN5O.C13H10F3N5O/c1-23(2)17-15-16(22-24(3)18(15)21-11-20-17)12-4-5-14(13(19)10-12)25-6-8-26-9-7-25;1-19-16-14-15(22-23(2)17(14)21-10-20-16)11-3-4-13(12(18)9-11)24-5-7-25-8-6-24;1-22-16-13(15(18)19-9-20-16)14(21-22)10-2-3-12(11(17)8-10)23-4-6-24-7-5-23;1-8(2)22-11-5-4-9(6-10(11)16)13-12-14(17)18-7-19-15(12)21(3)20-13;1-21-12-9(11(17)18-5-19-12)10(20-21)6-2-3-8(7(14)4-6)22-13(15)16/h4-5,10-11H,6-9H2,1-3H3;3-4,9-10H,5-8H2,1-2H3,(H,19,20,21);2-3,8-9H,4-7H2,1H3,(H2,18,19,20);4-8H,1-3H3,(H2,17,18,19);2-5,13H,1H3,(H2,17,18,19). The molecule has 18 rings (SSSR count). The number of aromatic nitrogens is 20. The minimum Gasteiger partial charge on any atom is -0.488 e. The molecule has 7 N–H and O–H groups in total. The van der Waals surface area contributed by atoms with Gasteiger partial charge in [-0.05, 0) is 86.6 Å². The van der Waals surface area contributed by atoms with Crippen molar-refractivity contribution in [3.05, 3.63) is 152 Å². The highest BCUT2D eigenvalue weighted by Gasteiger charge is 2.27. The highest BCUT2D eigenvalue weighted by atomic mass is 19.3. The number of fused-ring (bicyclic) bond motifs is 5. The molecule has 0 spiro atoms. The average molecular weight is 1640 g/mol. The molecule has 3 aliphatic rings. The van der Waals surface area contributed by atoms with Gasteiger partial charge in [0, 0.05) is 123 Å². The molecule has 3 aliphatic heterocycles. The number of hydrogen-bond donors (Lipinski definition) is 4. The first-order chi connectivity index (χ1) is 57.3. The first-order valence-electron chi connectivity index (χ1n) is 37.4. The Bertz CT molecular complexity index is 6040. The van der Waals surface area contributed by atoms with E-state index in [2.05, 4.69) is 85.4 Å². The van der Waals surface area contributed by atoms with E-state index in [1.165, 1.54) is 60.6 Å². The van der Waals surface area contributed by atoms with Gasteiger partial charge in [-0.2, -0.15) is 34.3 Å². The summed E-state index contributed by atoms with van der Waals surface area (Å²) >= 11 is 0. The maximum Gasteiger partial charge on any atom is 0.387 e. The van der Waals surface area contributed by atoms with Crippen LogP contribution in [-0.2, 0) is 49.4 Å². The summed E-state index contributed by atoms with van der Waals surface area (Å²) in [5, 5.41) is 28.5. The minimum atomic E-state index is -3.10. The van der Waals surface area contributed by atoms with Gasteiger partial charge in [0.2, 0.25) is 0 Å². The lowest BCUT2D eigenvalue weighted by molar-refractivity contribution is -0.0521. The van der Waals surface area contributed by atoms with Crippen molar-refractivity contribution >= 4 is 101 Å². The zero-order valence-corrected chi connectivity index (χ0v) is 66.3. The van der Waals surface area contributed by atoms with Gasteiger partial charge in [0.25, 0.3) is 0 Å². The molecule has 119 heavy (non-hydrogen) atoms. The SMILES string of the molecule is CC(C)Oc1ccc(-c2nn(C)c3ncnc(N)c23)cc1F.CN(C)c1ncnc2c1c(-c1ccc(N3CCOCC3)c(F)c1)nn2C.CNc1ncnc2c1c(-c1ccc(N3CCOCC3)c(F)c1)nn2C.Cn1nc(-c2ccc(N3CCOCC3)c(F)c2)c2c(N)ncnc21.Cn1nc(-c2ccc(OC(F)F)c(F)c2)c2c(N)ncnc21. The lowest BCUT2D eigenvalue weighted by atomic mass is 10.1. The Labute approximate surface area is 675 Å². The quantitative estimate of drug-likeness (QED) is 0.0735. The number of ether oxygens (including phenoxy) is 5. The van der Waals surface area contributed by atoms with E-state index in [9.17, 15) is 30.7 Å². The molecule has 0 unspecified atom stereocenters. The summed E-state index contributed by atoms with van der Waals surface area (Å²) in [6.07, 6.45) is 6.98. The van der Waals surface area contributed by atoms with Crippen molar-refractivity contribution in [2.45, 2.75) is 26.6 Å². The third-order valence-corrected chi connectivity index (χ3v) is 19.5. The van der Waals surface area contributed by atoms with Gasteiger partial charge in [0.05, 0.1) is 89.7 Å². The largest absolute Gasteiger partial charge is 0.488 e. The van der Waals surface area contributed by atoms with E-state index in [1.54, 1.807) is 77.2 Å². The maximum absolute atomic E-state index is 14.8. The van der Waals surface area contributed by atoms with Crippen LogP contribution in [0.15, 0.2) is 123 Å². The third kappa shape index (κ3) is 17.3. The van der Waals surface area contributed by atoms with Crippen molar-refractivity contribution in [3.63, 3.8) is 0 Å². The van der Waals surface area contributed by atoms with Crippen molar-refractivity contribution in [2.24, 2.45) is 35.2 Å². The second kappa shape index (κ2) is 35.4. The smallest absolute Gasteiger partial charge is 0.387 e. The van der Waals surface area contributed by atoms with E-state index >= 15 is 0 Å². The maximum atomic E-state index is 14.8. The Hall–Kier alpha value is -13.8. The van der Waals surface area contributed by atoms with E-state index in [4.69, 9.17) is 36.1 Å². The van der Waals surface area contributed by atoms with Crippen LogP contribution in [0, 0.1) is 29.1 Å². The molecule has 618 valence electrons. The van der Waals surface area contributed by atoms with E-state index in [-0.39, 0.29) is 35.1 Å². The molecule has 5 aromatic carbocycles.